The van der Waals surface area contributed by atoms with Gasteiger partial charge in [0.15, 0.2) is 0 Å². The summed E-state index contributed by atoms with van der Waals surface area (Å²) in [7, 11) is 0. The summed E-state index contributed by atoms with van der Waals surface area (Å²) in [5.74, 6) is 3.92. The molecule has 0 unspecified atom stereocenters. The van der Waals surface area contributed by atoms with Crippen LogP contribution >= 0.6 is 11.8 Å². The molecule has 0 N–H and O–H groups in total. The van der Waals surface area contributed by atoms with Crippen LogP contribution in [0.1, 0.15) is 71.6 Å². The Morgan fingerprint density at radius 2 is 1.81 bits per heavy atom. The molecular weight excluding hydrogens is 348 g/mol. The van der Waals surface area contributed by atoms with Gasteiger partial charge in [-0.05, 0) is 91.6 Å². The molecule has 0 radical (unpaired) electrons. The highest BCUT2D eigenvalue weighted by Gasteiger charge is 2.59. The van der Waals surface area contributed by atoms with Crippen molar-refractivity contribution in [2.75, 3.05) is 0 Å². The van der Waals surface area contributed by atoms with Gasteiger partial charge in [-0.1, -0.05) is 32.0 Å². The van der Waals surface area contributed by atoms with Crippen LogP contribution in [0, 0.1) is 34.5 Å². The molecule has 4 aliphatic carbocycles. The smallest absolute Gasteiger partial charge is 0.133 e. The summed E-state index contributed by atoms with van der Waals surface area (Å²) in [5, 5.41) is 0.791. The Kier molecular flexibility index (Phi) is 4.50. The molecule has 0 saturated heterocycles. The van der Waals surface area contributed by atoms with E-state index in [1.807, 2.05) is 0 Å². The van der Waals surface area contributed by atoms with E-state index in [2.05, 4.69) is 55.9 Å². The maximum atomic E-state index is 12.1. The molecule has 0 amide bonds. The number of fused-ring (bicyclic) bond motifs is 5. The second-order valence-corrected chi connectivity index (χ2v) is 12.0. The van der Waals surface area contributed by atoms with E-state index >= 15 is 0 Å². The summed E-state index contributed by atoms with van der Waals surface area (Å²) in [6.45, 7) is 5.17. The van der Waals surface area contributed by atoms with Crippen LogP contribution in [-0.2, 0) is 4.79 Å². The fourth-order valence-corrected chi connectivity index (χ4v) is 9.29. The zero-order valence-electron chi connectivity index (χ0n) is 17.0. The number of hydrogen-bond donors (Lipinski definition) is 0. The molecule has 146 valence electrons. The molecule has 7 atom stereocenters. The van der Waals surface area contributed by atoms with Gasteiger partial charge < -0.3 is 0 Å². The predicted octanol–water partition coefficient (Wildman–Crippen LogP) is 6.76. The van der Waals surface area contributed by atoms with Gasteiger partial charge in [0.1, 0.15) is 5.78 Å². The van der Waals surface area contributed by atoms with Gasteiger partial charge in [-0.25, -0.2) is 0 Å². The van der Waals surface area contributed by atoms with Crippen LogP contribution in [0.3, 0.4) is 0 Å². The minimum atomic E-state index is 0.447. The quantitative estimate of drug-likeness (QED) is 0.562. The second kappa shape index (κ2) is 6.65. The fourth-order valence-electron chi connectivity index (χ4n) is 7.82. The minimum absolute atomic E-state index is 0.447. The first-order valence-electron chi connectivity index (χ1n) is 11.2. The molecule has 0 heterocycles. The molecule has 1 aromatic rings. The molecule has 4 saturated carbocycles. The second-order valence-electron chi connectivity index (χ2n) is 10.6. The van der Waals surface area contributed by atoms with E-state index in [0.717, 1.165) is 35.8 Å². The van der Waals surface area contributed by atoms with Crippen molar-refractivity contribution >= 4 is 17.5 Å². The van der Waals surface area contributed by atoms with Gasteiger partial charge in [-0.15, -0.1) is 11.8 Å². The summed E-state index contributed by atoms with van der Waals surface area (Å²) >= 11 is 2.13. The van der Waals surface area contributed by atoms with Crippen LogP contribution in [0.25, 0.3) is 0 Å². The van der Waals surface area contributed by atoms with Crippen LogP contribution in [0.4, 0.5) is 0 Å². The zero-order chi connectivity index (χ0) is 18.6. The Morgan fingerprint density at radius 3 is 2.63 bits per heavy atom. The molecule has 0 spiro atoms. The van der Waals surface area contributed by atoms with Crippen molar-refractivity contribution in [3.63, 3.8) is 0 Å². The first-order valence-corrected chi connectivity index (χ1v) is 12.1. The van der Waals surface area contributed by atoms with Crippen molar-refractivity contribution in [3.8, 4) is 0 Å². The third-order valence-electron chi connectivity index (χ3n) is 9.26. The maximum absolute atomic E-state index is 12.1. The Balaban J connectivity index is 1.36. The third-order valence-corrected chi connectivity index (χ3v) is 10.5. The van der Waals surface area contributed by atoms with Crippen molar-refractivity contribution in [1.82, 2.24) is 0 Å². The zero-order valence-corrected chi connectivity index (χ0v) is 17.8. The molecule has 4 fully saturated rings. The SMILES string of the molecule is C[C@]12CC[C@H]3[C@@H](CC[C@H]4CC(=O)CC[C@@]43C)[C@@H]1C[C@H](Sc1ccccc1)C2. The molecule has 0 aliphatic heterocycles. The maximum Gasteiger partial charge on any atom is 0.133 e. The molecule has 0 bridgehead atoms. The third kappa shape index (κ3) is 3.02. The normalized spacial score (nSPS) is 46.4. The number of carbonyl (C=O) groups is 1. The number of hydrogen-bond acceptors (Lipinski definition) is 2. The van der Waals surface area contributed by atoms with E-state index in [1.54, 1.807) is 0 Å². The lowest BCUT2D eigenvalue weighted by Crippen LogP contribution is -2.52. The average Bonchev–Trinajstić information content (AvgIpc) is 2.99. The predicted molar refractivity (Wildman–Crippen MR) is 113 cm³/mol. The van der Waals surface area contributed by atoms with Gasteiger partial charge in [0.05, 0.1) is 0 Å². The Hall–Kier alpha value is -0.760. The largest absolute Gasteiger partial charge is 0.300 e. The molecule has 2 heteroatoms. The molecule has 0 aromatic heterocycles. The van der Waals surface area contributed by atoms with E-state index in [9.17, 15) is 4.79 Å². The van der Waals surface area contributed by atoms with E-state index in [4.69, 9.17) is 0 Å². The average molecular weight is 383 g/mol. The van der Waals surface area contributed by atoms with Gasteiger partial charge >= 0.3 is 0 Å². The molecule has 4 aliphatic rings. The standard InChI is InChI=1S/C25H34OS/c1-24-12-11-22-21(9-8-17-14-18(26)10-13-25(17,22)2)23(24)15-20(16-24)27-19-6-4-3-5-7-19/h3-7,17,20-23H,8-16H2,1-2H3/t17-,20-,21+,22-,23-,24+,25-/m0/s1. The molecule has 1 aromatic carbocycles. The van der Waals surface area contributed by atoms with Crippen molar-refractivity contribution in [1.29, 1.82) is 0 Å². The van der Waals surface area contributed by atoms with Gasteiger partial charge in [-0.3, -0.25) is 4.79 Å². The van der Waals surface area contributed by atoms with Crippen molar-refractivity contribution in [2.45, 2.75) is 81.8 Å². The molecule has 5 rings (SSSR count). The monoisotopic (exact) mass is 382 g/mol. The minimum Gasteiger partial charge on any atom is -0.300 e. The Morgan fingerprint density at radius 1 is 1.00 bits per heavy atom. The number of thioether (sulfide) groups is 1. The number of benzene rings is 1. The van der Waals surface area contributed by atoms with Crippen molar-refractivity contribution in [3.05, 3.63) is 30.3 Å². The van der Waals surface area contributed by atoms with Crippen LogP contribution in [0.5, 0.6) is 0 Å². The van der Waals surface area contributed by atoms with Gasteiger partial charge in [0.2, 0.25) is 0 Å². The topological polar surface area (TPSA) is 17.1 Å². The van der Waals surface area contributed by atoms with Crippen LogP contribution in [0.15, 0.2) is 35.2 Å². The van der Waals surface area contributed by atoms with E-state index in [-0.39, 0.29) is 0 Å². The number of Topliss-reactive ketones (excluding diaryl/α,β-unsaturated/α-hetero) is 1. The number of ketones is 1. The molecule has 1 nitrogen and oxygen atoms in total. The molecular formula is C25H34OS. The van der Waals surface area contributed by atoms with Crippen LogP contribution in [0.2, 0.25) is 0 Å². The van der Waals surface area contributed by atoms with E-state index in [1.165, 1.54) is 49.8 Å². The first kappa shape index (κ1) is 18.3. The van der Waals surface area contributed by atoms with Gasteiger partial charge in [0.25, 0.3) is 0 Å². The first-order chi connectivity index (χ1) is 13.0. The Bertz CT molecular complexity index is 714. The van der Waals surface area contributed by atoms with Gasteiger partial charge in [-0.2, -0.15) is 0 Å². The number of carbonyl (C=O) groups excluding carboxylic acids is 1. The van der Waals surface area contributed by atoms with E-state index in [0.29, 0.717) is 22.5 Å². The Labute approximate surface area is 169 Å². The number of rotatable bonds is 2. The lowest BCUT2D eigenvalue weighted by atomic mass is 9.45. The summed E-state index contributed by atoms with van der Waals surface area (Å²) in [5.41, 5.74) is 1.00. The van der Waals surface area contributed by atoms with Crippen molar-refractivity contribution in [2.24, 2.45) is 34.5 Å². The summed E-state index contributed by atoms with van der Waals surface area (Å²) in [6.07, 6.45) is 11.3. The lowest BCUT2D eigenvalue weighted by molar-refractivity contribution is -0.137. The highest BCUT2D eigenvalue weighted by atomic mass is 32.2. The van der Waals surface area contributed by atoms with Crippen LogP contribution < -0.4 is 0 Å². The molecule has 27 heavy (non-hydrogen) atoms. The summed E-state index contributed by atoms with van der Waals surface area (Å²) in [4.78, 5) is 13.5. The summed E-state index contributed by atoms with van der Waals surface area (Å²) in [6, 6.07) is 11.0. The summed E-state index contributed by atoms with van der Waals surface area (Å²) < 4.78 is 0. The highest BCUT2D eigenvalue weighted by Crippen LogP contribution is 2.67. The van der Waals surface area contributed by atoms with Gasteiger partial charge in [0, 0.05) is 23.0 Å². The lowest BCUT2D eigenvalue weighted by Gasteiger charge is -2.59. The fraction of sp³-hybridized carbons (Fsp3) is 0.720. The highest BCUT2D eigenvalue weighted by molar-refractivity contribution is 8.00. The van der Waals surface area contributed by atoms with Crippen molar-refractivity contribution < 1.29 is 4.79 Å². The van der Waals surface area contributed by atoms with Crippen LogP contribution in [-0.4, -0.2) is 11.0 Å². The van der Waals surface area contributed by atoms with E-state index < -0.39 is 0 Å².